The number of anilines is 1. The highest BCUT2D eigenvalue weighted by Gasteiger charge is 2.34. The van der Waals surface area contributed by atoms with Crippen LogP contribution in [0.5, 0.6) is 5.75 Å². The molecular formula is C39H54N6O6. The molecule has 1 fully saturated rings. The molecule has 2 atom stereocenters. The van der Waals surface area contributed by atoms with Gasteiger partial charge in [-0.2, -0.15) is 5.10 Å². The summed E-state index contributed by atoms with van der Waals surface area (Å²) in [4.78, 5) is 54.9. The van der Waals surface area contributed by atoms with Crippen LogP contribution in [0.1, 0.15) is 90.2 Å². The van der Waals surface area contributed by atoms with Gasteiger partial charge in [-0.15, -0.1) is 0 Å². The standard InChI is InChI=1S/C39H54N6O6/c1-38(2,3)51-37(49)43-39(4,5)36(48)42-33(18-12-16-28-14-8-7-9-15-28)34(46)41-30-26-40-45(27-30)25-13-17-32(35(47)44-23-10-11-24-44)29-19-21-31(50-6)22-20-29/h7-9,14-15,19-22,26-27,32-33H,10-13,16-18,23-25H2,1-6H3,(H,41,46)(H,42,48)(H,43,49)/t32?,33-/m1/s1. The lowest BCUT2D eigenvalue weighted by Crippen LogP contribution is -2.58. The number of hydrogen-bond acceptors (Lipinski definition) is 7. The fourth-order valence-electron chi connectivity index (χ4n) is 6.04. The molecular weight excluding hydrogens is 648 g/mol. The van der Waals surface area contributed by atoms with Crippen molar-refractivity contribution in [2.24, 2.45) is 0 Å². The monoisotopic (exact) mass is 702 g/mol. The van der Waals surface area contributed by atoms with Crippen molar-refractivity contribution >= 4 is 29.5 Å². The number of methoxy groups -OCH3 is 1. The third-order valence-corrected chi connectivity index (χ3v) is 8.82. The molecule has 4 rings (SSSR count). The van der Waals surface area contributed by atoms with E-state index in [0.29, 0.717) is 37.9 Å². The van der Waals surface area contributed by atoms with Crippen molar-refractivity contribution in [3.63, 3.8) is 0 Å². The predicted octanol–water partition coefficient (Wildman–Crippen LogP) is 5.83. The van der Waals surface area contributed by atoms with Gasteiger partial charge in [-0.1, -0.05) is 42.5 Å². The minimum absolute atomic E-state index is 0.149. The summed E-state index contributed by atoms with van der Waals surface area (Å²) in [5.74, 6) is -0.274. The van der Waals surface area contributed by atoms with Gasteiger partial charge in [0, 0.05) is 25.8 Å². The highest BCUT2D eigenvalue weighted by molar-refractivity contribution is 5.99. The average Bonchev–Trinajstić information content (AvgIpc) is 3.78. The quantitative estimate of drug-likeness (QED) is 0.171. The van der Waals surface area contributed by atoms with Gasteiger partial charge < -0.3 is 30.3 Å². The van der Waals surface area contributed by atoms with E-state index in [-0.39, 0.29) is 17.7 Å². The molecule has 2 heterocycles. The van der Waals surface area contributed by atoms with Crippen LogP contribution in [0.25, 0.3) is 0 Å². The molecule has 0 bridgehead atoms. The van der Waals surface area contributed by atoms with E-state index in [1.54, 1.807) is 58.8 Å². The number of nitrogens with one attached hydrogen (secondary N) is 3. The maximum atomic E-state index is 13.6. The Hall–Kier alpha value is -4.87. The van der Waals surface area contributed by atoms with Crippen LogP contribution in [0.3, 0.4) is 0 Å². The maximum absolute atomic E-state index is 13.6. The Labute approximate surface area is 301 Å². The van der Waals surface area contributed by atoms with Gasteiger partial charge in [0.2, 0.25) is 17.7 Å². The second kappa shape index (κ2) is 17.9. The molecule has 0 aliphatic carbocycles. The second-order valence-electron chi connectivity index (χ2n) is 14.6. The Balaban J connectivity index is 1.38. The number of nitrogens with zero attached hydrogens (tertiary/aromatic N) is 3. The zero-order valence-electron chi connectivity index (χ0n) is 30.9. The summed E-state index contributed by atoms with van der Waals surface area (Å²) in [6.07, 6.45) is 7.75. The van der Waals surface area contributed by atoms with E-state index in [9.17, 15) is 19.2 Å². The summed E-state index contributed by atoms with van der Waals surface area (Å²) in [7, 11) is 1.62. The molecule has 3 aromatic rings. The molecule has 2 aromatic carbocycles. The van der Waals surface area contributed by atoms with E-state index in [1.807, 2.05) is 59.5 Å². The first-order valence-electron chi connectivity index (χ1n) is 17.9. The lowest BCUT2D eigenvalue weighted by molar-refractivity contribution is -0.132. The molecule has 1 aliphatic rings. The van der Waals surface area contributed by atoms with Gasteiger partial charge >= 0.3 is 6.09 Å². The van der Waals surface area contributed by atoms with Crippen LogP contribution in [0.15, 0.2) is 67.0 Å². The fraction of sp³-hybridized carbons (Fsp3) is 0.513. The number of amides is 4. The number of aryl methyl sites for hydroxylation is 2. The van der Waals surface area contributed by atoms with Gasteiger partial charge in [0.25, 0.3) is 0 Å². The molecule has 51 heavy (non-hydrogen) atoms. The van der Waals surface area contributed by atoms with Crippen LogP contribution >= 0.6 is 0 Å². The van der Waals surface area contributed by atoms with Crippen molar-refractivity contribution in [1.29, 1.82) is 0 Å². The van der Waals surface area contributed by atoms with Crippen molar-refractivity contribution in [2.45, 2.75) is 109 Å². The molecule has 12 nitrogen and oxygen atoms in total. The smallest absolute Gasteiger partial charge is 0.408 e. The molecule has 1 saturated heterocycles. The van der Waals surface area contributed by atoms with Crippen LogP contribution in [-0.2, 0) is 32.1 Å². The first-order valence-corrected chi connectivity index (χ1v) is 17.9. The lowest BCUT2D eigenvalue weighted by atomic mass is 9.92. The number of aromatic nitrogens is 2. The van der Waals surface area contributed by atoms with E-state index in [0.717, 1.165) is 49.2 Å². The Morgan fingerprint density at radius 2 is 1.59 bits per heavy atom. The summed E-state index contributed by atoms with van der Waals surface area (Å²) in [6, 6.07) is 16.8. The molecule has 0 spiro atoms. The maximum Gasteiger partial charge on any atom is 0.408 e. The van der Waals surface area contributed by atoms with Crippen molar-refractivity contribution in [2.75, 3.05) is 25.5 Å². The van der Waals surface area contributed by atoms with Crippen LogP contribution in [-0.4, -0.2) is 75.9 Å². The van der Waals surface area contributed by atoms with Crippen molar-refractivity contribution in [1.82, 2.24) is 25.3 Å². The van der Waals surface area contributed by atoms with E-state index >= 15 is 0 Å². The predicted molar refractivity (Wildman–Crippen MR) is 196 cm³/mol. The molecule has 12 heteroatoms. The third kappa shape index (κ3) is 12.1. The van der Waals surface area contributed by atoms with Crippen LogP contribution in [0, 0.1) is 0 Å². The Morgan fingerprint density at radius 3 is 2.24 bits per heavy atom. The summed E-state index contributed by atoms with van der Waals surface area (Å²) in [5, 5.41) is 12.8. The molecule has 1 unspecified atom stereocenters. The first-order chi connectivity index (χ1) is 24.2. The van der Waals surface area contributed by atoms with Gasteiger partial charge in [0.1, 0.15) is 22.9 Å². The molecule has 0 radical (unpaired) electrons. The number of ether oxygens (including phenoxy) is 2. The molecule has 1 aliphatic heterocycles. The van der Waals surface area contributed by atoms with Gasteiger partial charge in [0.05, 0.1) is 24.9 Å². The van der Waals surface area contributed by atoms with Crippen LogP contribution in [0.2, 0.25) is 0 Å². The van der Waals surface area contributed by atoms with E-state index in [2.05, 4.69) is 21.0 Å². The zero-order valence-corrected chi connectivity index (χ0v) is 30.9. The lowest BCUT2D eigenvalue weighted by Gasteiger charge is -2.29. The van der Waals surface area contributed by atoms with Gasteiger partial charge in [-0.3, -0.25) is 19.1 Å². The highest BCUT2D eigenvalue weighted by Crippen LogP contribution is 2.28. The number of carbonyl (C=O) groups is 4. The van der Waals surface area contributed by atoms with Gasteiger partial charge in [-0.25, -0.2) is 4.79 Å². The van der Waals surface area contributed by atoms with Crippen LogP contribution in [0.4, 0.5) is 10.5 Å². The number of hydrogen-bond donors (Lipinski definition) is 3. The third-order valence-electron chi connectivity index (χ3n) is 8.82. The molecule has 4 amide bonds. The van der Waals surface area contributed by atoms with E-state index < -0.39 is 29.2 Å². The minimum Gasteiger partial charge on any atom is -0.497 e. The molecule has 3 N–H and O–H groups in total. The SMILES string of the molecule is COc1ccc(C(CCCn2cc(NC(=O)[C@@H](CCCc3ccccc3)NC(=O)C(C)(C)NC(=O)OC(C)(C)C)cn2)C(=O)N2CCCC2)cc1. The topological polar surface area (TPSA) is 144 Å². The Morgan fingerprint density at radius 1 is 0.902 bits per heavy atom. The Bertz CT molecular complexity index is 1590. The van der Waals surface area contributed by atoms with Gasteiger partial charge in [0.15, 0.2) is 0 Å². The summed E-state index contributed by atoms with van der Waals surface area (Å²) in [6.45, 7) is 10.5. The van der Waals surface area contributed by atoms with Gasteiger partial charge in [-0.05, 0) is 103 Å². The average molecular weight is 703 g/mol. The Kier molecular flexibility index (Phi) is 13.6. The van der Waals surface area contributed by atoms with Crippen molar-refractivity contribution < 1.29 is 28.7 Å². The summed E-state index contributed by atoms with van der Waals surface area (Å²) < 4.78 is 12.4. The largest absolute Gasteiger partial charge is 0.497 e. The number of alkyl carbamates (subject to hydrolysis) is 1. The highest BCUT2D eigenvalue weighted by atomic mass is 16.6. The van der Waals surface area contributed by atoms with Crippen molar-refractivity contribution in [3.05, 3.63) is 78.1 Å². The zero-order chi connectivity index (χ0) is 37.0. The number of rotatable bonds is 16. The summed E-state index contributed by atoms with van der Waals surface area (Å²) >= 11 is 0. The first kappa shape index (κ1) is 38.9. The fourth-order valence-corrected chi connectivity index (χ4v) is 6.04. The number of benzene rings is 2. The molecule has 0 saturated carbocycles. The number of carbonyl (C=O) groups excluding carboxylic acids is 4. The normalized spacial score (nSPS) is 14.4. The van der Waals surface area contributed by atoms with Crippen molar-refractivity contribution in [3.8, 4) is 5.75 Å². The second-order valence-corrected chi connectivity index (χ2v) is 14.6. The van der Waals surface area contributed by atoms with Crippen LogP contribution < -0.4 is 20.7 Å². The minimum atomic E-state index is -1.34. The molecule has 276 valence electrons. The van der Waals surface area contributed by atoms with E-state index in [4.69, 9.17) is 9.47 Å². The molecule has 1 aromatic heterocycles. The summed E-state index contributed by atoms with van der Waals surface area (Å²) in [5.41, 5.74) is 0.515. The number of likely N-dealkylation sites (tertiary alicyclic amines) is 1. The van der Waals surface area contributed by atoms with E-state index in [1.165, 1.54) is 0 Å².